The predicted molar refractivity (Wildman–Crippen MR) is 74.2 cm³/mol. The molecule has 0 bridgehead atoms. The standard InChI is InChI=1S/C16H24N2O/c1-11-8-12-4-2-6-15-17(12)14(9-11)10-13-5-3-7-16(19)18(13)15/h4,11,13-15H,2-3,5-10H2,1H3/t11-,13+,14+,15+/m1/s1. The summed E-state index contributed by atoms with van der Waals surface area (Å²) in [7, 11) is 0. The molecule has 0 aliphatic carbocycles. The van der Waals surface area contributed by atoms with E-state index in [1.807, 2.05) is 0 Å². The van der Waals surface area contributed by atoms with Crippen molar-refractivity contribution in [2.75, 3.05) is 0 Å². The van der Waals surface area contributed by atoms with Crippen LogP contribution < -0.4 is 0 Å². The third-order valence-corrected chi connectivity index (χ3v) is 5.56. The lowest BCUT2D eigenvalue weighted by Crippen LogP contribution is -2.66. The van der Waals surface area contributed by atoms with Gasteiger partial charge in [-0.15, -0.1) is 0 Å². The second kappa shape index (κ2) is 4.26. The Morgan fingerprint density at radius 2 is 2.05 bits per heavy atom. The first-order chi connectivity index (χ1) is 9.24. The van der Waals surface area contributed by atoms with E-state index in [4.69, 9.17) is 0 Å². The van der Waals surface area contributed by atoms with Gasteiger partial charge in [-0.2, -0.15) is 0 Å². The topological polar surface area (TPSA) is 23.6 Å². The quantitative estimate of drug-likeness (QED) is 0.668. The number of allylic oxidation sites excluding steroid dienone is 2. The number of rotatable bonds is 0. The molecule has 0 aromatic rings. The van der Waals surface area contributed by atoms with Gasteiger partial charge in [-0.1, -0.05) is 13.0 Å². The lowest BCUT2D eigenvalue weighted by atomic mass is 9.79. The maximum atomic E-state index is 12.3. The molecule has 104 valence electrons. The van der Waals surface area contributed by atoms with Gasteiger partial charge in [-0.05, 0) is 50.9 Å². The number of piperidine rings is 2. The number of carbonyl (C=O) groups excluding carboxylic acids is 1. The summed E-state index contributed by atoms with van der Waals surface area (Å²) in [6.45, 7) is 2.39. The van der Waals surface area contributed by atoms with Gasteiger partial charge in [0.05, 0.1) is 0 Å². The SMILES string of the molecule is C[C@@H]1CC2=CCC[C@@H]3N4C(=O)CCC[C@H]4C[C@H](C1)N23. The van der Waals surface area contributed by atoms with Crippen molar-refractivity contribution in [3.63, 3.8) is 0 Å². The maximum absolute atomic E-state index is 12.3. The van der Waals surface area contributed by atoms with Crippen molar-refractivity contribution < 1.29 is 4.79 Å². The van der Waals surface area contributed by atoms with Crippen molar-refractivity contribution in [1.29, 1.82) is 0 Å². The first kappa shape index (κ1) is 11.8. The van der Waals surface area contributed by atoms with Crippen LogP contribution in [0.4, 0.5) is 0 Å². The minimum absolute atomic E-state index is 0.393. The first-order valence-electron chi connectivity index (χ1n) is 8.02. The smallest absolute Gasteiger partial charge is 0.224 e. The van der Waals surface area contributed by atoms with E-state index in [0.29, 0.717) is 24.2 Å². The molecule has 0 N–H and O–H groups in total. The highest BCUT2D eigenvalue weighted by molar-refractivity contribution is 5.77. The molecule has 4 rings (SSSR count). The van der Waals surface area contributed by atoms with E-state index in [2.05, 4.69) is 22.8 Å². The zero-order chi connectivity index (χ0) is 13.0. The van der Waals surface area contributed by atoms with E-state index >= 15 is 0 Å². The molecule has 4 aliphatic rings. The number of amides is 1. The van der Waals surface area contributed by atoms with Gasteiger partial charge < -0.3 is 9.80 Å². The summed E-state index contributed by atoms with van der Waals surface area (Å²) in [5.41, 5.74) is 1.54. The molecule has 4 atom stereocenters. The summed E-state index contributed by atoms with van der Waals surface area (Å²) in [5, 5.41) is 0. The molecule has 0 spiro atoms. The zero-order valence-electron chi connectivity index (χ0n) is 11.8. The second-order valence-electron chi connectivity index (χ2n) is 6.94. The van der Waals surface area contributed by atoms with Crippen LogP contribution in [-0.2, 0) is 4.79 Å². The largest absolute Gasteiger partial charge is 0.352 e. The Bertz CT molecular complexity index is 430. The van der Waals surface area contributed by atoms with E-state index in [-0.39, 0.29) is 0 Å². The van der Waals surface area contributed by atoms with Crippen LogP contribution in [0.2, 0.25) is 0 Å². The fourth-order valence-corrected chi connectivity index (χ4v) is 4.92. The molecule has 0 aromatic heterocycles. The highest BCUT2D eigenvalue weighted by Gasteiger charge is 2.47. The summed E-state index contributed by atoms with van der Waals surface area (Å²) < 4.78 is 0. The fraction of sp³-hybridized carbons (Fsp3) is 0.812. The minimum atomic E-state index is 0.393. The van der Waals surface area contributed by atoms with E-state index in [1.54, 1.807) is 0 Å². The molecule has 19 heavy (non-hydrogen) atoms. The Kier molecular flexibility index (Phi) is 2.64. The van der Waals surface area contributed by atoms with Crippen LogP contribution in [0, 0.1) is 5.92 Å². The monoisotopic (exact) mass is 260 g/mol. The fourth-order valence-electron chi connectivity index (χ4n) is 4.92. The predicted octanol–water partition coefficient (Wildman–Crippen LogP) is 2.88. The Morgan fingerprint density at radius 3 is 2.95 bits per heavy atom. The van der Waals surface area contributed by atoms with Crippen molar-refractivity contribution >= 4 is 5.91 Å². The van der Waals surface area contributed by atoms with Crippen LogP contribution in [0.25, 0.3) is 0 Å². The van der Waals surface area contributed by atoms with Crippen molar-refractivity contribution in [1.82, 2.24) is 9.80 Å². The van der Waals surface area contributed by atoms with Crippen LogP contribution >= 0.6 is 0 Å². The highest BCUT2D eigenvalue weighted by atomic mass is 16.2. The van der Waals surface area contributed by atoms with Gasteiger partial charge in [-0.25, -0.2) is 0 Å². The van der Waals surface area contributed by atoms with Crippen LogP contribution in [0.1, 0.15) is 58.3 Å². The molecular formula is C16H24N2O. The Balaban J connectivity index is 1.70. The molecule has 3 fully saturated rings. The summed E-state index contributed by atoms with van der Waals surface area (Å²) >= 11 is 0. The maximum Gasteiger partial charge on any atom is 0.224 e. The molecule has 0 saturated carbocycles. The van der Waals surface area contributed by atoms with E-state index in [1.165, 1.54) is 31.4 Å². The van der Waals surface area contributed by atoms with Gasteiger partial charge in [0, 0.05) is 24.2 Å². The molecule has 3 nitrogen and oxygen atoms in total. The summed E-state index contributed by atoms with van der Waals surface area (Å²) in [5.74, 6) is 1.23. The lowest BCUT2D eigenvalue weighted by Gasteiger charge is -2.59. The lowest BCUT2D eigenvalue weighted by molar-refractivity contribution is -0.156. The average molecular weight is 260 g/mol. The molecular weight excluding hydrogens is 236 g/mol. The van der Waals surface area contributed by atoms with Crippen LogP contribution in [-0.4, -0.2) is 34.0 Å². The first-order valence-corrected chi connectivity index (χ1v) is 8.02. The second-order valence-corrected chi connectivity index (χ2v) is 6.94. The minimum Gasteiger partial charge on any atom is -0.352 e. The van der Waals surface area contributed by atoms with Crippen molar-refractivity contribution in [3.05, 3.63) is 11.8 Å². The van der Waals surface area contributed by atoms with Gasteiger partial charge >= 0.3 is 0 Å². The van der Waals surface area contributed by atoms with Gasteiger partial charge in [0.1, 0.15) is 6.17 Å². The molecule has 3 saturated heterocycles. The Hall–Kier alpha value is -0.990. The van der Waals surface area contributed by atoms with Crippen molar-refractivity contribution in [3.8, 4) is 0 Å². The van der Waals surface area contributed by atoms with Crippen molar-refractivity contribution in [2.24, 2.45) is 5.92 Å². The summed E-state index contributed by atoms with van der Waals surface area (Å²) in [6, 6.07) is 1.24. The number of hydrogen-bond acceptors (Lipinski definition) is 2. The van der Waals surface area contributed by atoms with E-state index in [0.717, 1.165) is 31.6 Å². The van der Waals surface area contributed by atoms with E-state index in [9.17, 15) is 4.79 Å². The van der Waals surface area contributed by atoms with Gasteiger partial charge in [0.25, 0.3) is 0 Å². The number of hydrogen-bond donors (Lipinski definition) is 0. The summed E-state index contributed by atoms with van der Waals surface area (Å²) in [6.07, 6.45) is 12.0. The highest BCUT2D eigenvalue weighted by Crippen LogP contribution is 2.44. The molecule has 3 heteroatoms. The number of fused-ring (bicyclic) bond motifs is 2. The molecule has 1 amide bonds. The van der Waals surface area contributed by atoms with Crippen LogP contribution in [0.15, 0.2) is 11.8 Å². The Labute approximate surface area is 115 Å². The molecule has 4 aliphatic heterocycles. The van der Waals surface area contributed by atoms with Crippen molar-refractivity contribution in [2.45, 2.75) is 76.5 Å². The number of carbonyl (C=O) groups is 1. The van der Waals surface area contributed by atoms with Gasteiger partial charge in [-0.3, -0.25) is 4.79 Å². The third-order valence-electron chi connectivity index (χ3n) is 5.56. The van der Waals surface area contributed by atoms with Gasteiger partial charge in [0.15, 0.2) is 0 Å². The normalized spacial score (nSPS) is 41.5. The van der Waals surface area contributed by atoms with Crippen LogP contribution in [0.3, 0.4) is 0 Å². The molecule has 0 aromatic carbocycles. The number of nitrogens with zero attached hydrogens (tertiary/aromatic N) is 2. The van der Waals surface area contributed by atoms with Crippen LogP contribution in [0.5, 0.6) is 0 Å². The van der Waals surface area contributed by atoms with Gasteiger partial charge in [0.2, 0.25) is 5.91 Å². The summed E-state index contributed by atoms with van der Waals surface area (Å²) in [4.78, 5) is 17.2. The molecule has 0 unspecified atom stereocenters. The molecule has 4 heterocycles. The Morgan fingerprint density at radius 1 is 1.16 bits per heavy atom. The third kappa shape index (κ3) is 1.73. The molecule has 0 radical (unpaired) electrons. The average Bonchev–Trinajstić information content (AvgIpc) is 2.38. The zero-order valence-corrected chi connectivity index (χ0v) is 11.8. The van der Waals surface area contributed by atoms with E-state index < -0.39 is 0 Å².